The Kier molecular flexibility index (Phi) is 1.63. The number of thiazole rings is 1. The van der Waals surface area contributed by atoms with E-state index in [-0.39, 0.29) is 0 Å². The van der Waals surface area contributed by atoms with Crippen molar-refractivity contribution in [3.63, 3.8) is 0 Å². The normalized spacial score (nSPS) is 9.75. The van der Waals surface area contributed by atoms with Crippen LogP contribution in [0.5, 0.6) is 0 Å². The van der Waals surface area contributed by atoms with E-state index in [4.69, 9.17) is 0 Å². The molecule has 1 aromatic rings. The number of hydrogen-bond acceptors (Lipinski definition) is 1. The van der Waals surface area contributed by atoms with Crippen molar-refractivity contribution >= 4 is 11.3 Å². The smallest absolute Gasteiger partial charge is 0.195 e. The first-order chi connectivity index (χ1) is 3.83. The highest BCUT2D eigenvalue weighted by Crippen LogP contribution is 1.99. The Labute approximate surface area is 53.6 Å². The predicted molar refractivity (Wildman–Crippen MR) is 34.9 cm³/mol. The molecule has 0 atom stereocenters. The largest absolute Gasteiger partial charge is 0.224 e. The molecule has 8 heavy (non-hydrogen) atoms. The molecule has 1 aromatic heterocycles. The van der Waals surface area contributed by atoms with Gasteiger partial charge < -0.3 is 0 Å². The van der Waals surface area contributed by atoms with Crippen molar-refractivity contribution in [1.82, 2.24) is 0 Å². The molecule has 2 heteroatoms. The Morgan fingerprint density at radius 1 is 1.75 bits per heavy atom. The molecule has 1 heterocycles. The number of nitrogens with zero attached hydrogens (tertiary/aromatic N) is 1. The van der Waals surface area contributed by atoms with Crippen molar-refractivity contribution < 1.29 is 4.57 Å². The van der Waals surface area contributed by atoms with Crippen molar-refractivity contribution in [1.29, 1.82) is 0 Å². The fourth-order valence-corrected chi connectivity index (χ4v) is 1.32. The summed E-state index contributed by atoms with van der Waals surface area (Å²) >= 11 is 1.79. The molecule has 0 N–H and O–H groups in total. The molecule has 0 spiro atoms. The van der Waals surface area contributed by atoms with Crippen molar-refractivity contribution in [3.05, 3.63) is 16.6 Å². The molecule has 0 radical (unpaired) electrons. The standard InChI is InChI=1S/C6H10NS/c1-3-7-4-6(2)8-5-7/h4-5H,3H2,1-2H3/q+1. The van der Waals surface area contributed by atoms with Gasteiger partial charge in [0.25, 0.3) is 0 Å². The minimum Gasteiger partial charge on any atom is -0.195 e. The molecule has 0 aliphatic heterocycles. The van der Waals surface area contributed by atoms with Gasteiger partial charge in [0.2, 0.25) is 5.51 Å². The number of aryl methyl sites for hydroxylation is 2. The van der Waals surface area contributed by atoms with Gasteiger partial charge in [0, 0.05) is 0 Å². The summed E-state index contributed by atoms with van der Waals surface area (Å²) in [7, 11) is 0. The molecule has 0 bridgehead atoms. The van der Waals surface area contributed by atoms with Crippen LogP contribution in [0.1, 0.15) is 11.8 Å². The Hall–Kier alpha value is -0.370. The van der Waals surface area contributed by atoms with Gasteiger partial charge in [-0.3, -0.25) is 0 Å². The van der Waals surface area contributed by atoms with Crippen LogP contribution in [-0.4, -0.2) is 0 Å². The van der Waals surface area contributed by atoms with Gasteiger partial charge in [-0.15, -0.1) is 0 Å². The number of aromatic nitrogens is 1. The molecule has 0 aromatic carbocycles. The number of hydrogen-bond donors (Lipinski definition) is 0. The summed E-state index contributed by atoms with van der Waals surface area (Å²) in [5, 5.41) is 0. The summed E-state index contributed by atoms with van der Waals surface area (Å²) in [6, 6.07) is 0. The second-order valence-corrected chi connectivity index (χ2v) is 2.88. The van der Waals surface area contributed by atoms with E-state index in [1.807, 2.05) is 0 Å². The van der Waals surface area contributed by atoms with Crippen LogP contribution in [0.15, 0.2) is 11.7 Å². The van der Waals surface area contributed by atoms with E-state index >= 15 is 0 Å². The lowest BCUT2D eigenvalue weighted by Crippen LogP contribution is -2.27. The van der Waals surface area contributed by atoms with Crippen LogP contribution in [-0.2, 0) is 6.54 Å². The molecular weight excluding hydrogens is 118 g/mol. The van der Waals surface area contributed by atoms with Gasteiger partial charge in [-0.25, -0.2) is 0 Å². The monoisotopic (exact) mass is 128 g/mol. The lowest BCUT2D eigenvalue weighted by molar-refractivity contribution is -0.689. The summed E-state index contributed by atoms with van der Waals surface area (Å²) in [6.07, 6.45) is 2.16. The van der Waals surface area contributed by atoms with Crippen molar-refractivity contribution in [2.24, 2.45) is 0 Å². The summed E-state index contributed by atoms with van der Waals surface area (Å²) < 4.78 is 2.18. The third kappa shape index (κ3) is 1.07. The molecule has 0 fully saturated rings. The van der Waals surface area contributed by atoms with E-state index in [0.29, 0.717) is 0 Å². The van der Waals surface area contributed by atoms with Crippen LogP contribution in [0.3, 0.4) is 0 Å². The highest BCUT2D eigenvalue weighted by molar-refractivity contribution is 7.09. The van der Waals surface area contributed by atoms with Crippen LogP contribution in [0.4, 0.5) is 0 Å². The Balaban J connectivity index is 2.84. The van der Waals surface area contributed by atoms with Crippen molar-refractivity contribution in [2.75, 3.05) is 0 Å². The first-order valence-electron chi connectivity index (χ1n) is 2.77. The molecule has 0 saturated heterocycles. The zero-order valence-electron chi connectivity index (χ0n) is 5.22. The highest BCUT2D eigenvalue weighted by atomic mass is 32.1. The Bertz CT molecular complexity index is 169. The minimum absolute atomic E-state index is 1.09. The van der Waals surface area contributed by atoms with E-state index in [1.165, 1.54) is 4.88 Å². The predicted octanol–water partition coefficient (Wildman–Crippen LogP) is 1.36. The van der Waals surface area contributed by atoms with E-state index in [0.717, 1.165) is 6.54 Å². The molecule has 1 rings (SSSR count). The molecule has 1 nitrogen and oxygen atoms in total. The molecular formula is C6H10NS+. The van der Waals surface area contributed by atoms with Crippen molar-refractivity contribution in [3.8, 4) is 0 Å². The van der Waals surface area contributed by atoms with E-state index in [9.17, 15) is 0 Å². The van der Waals surface area contributed by atoms with Gasteiger partial charge in [0.1, 0.15) is 6.54 Å². The van der Waals surface area contributed by atoms with E-state index in [1.54, 1.807) is 11.3 Å². The quantitative estimate of drug-likeness (QED) is 0.503. The first kappa shape index (κ1) is 5.76. The average molecular weight is 128 g/mol. The maximum atomic E-state index is 2.18. The van der Waals surface area contributed by atoms with Crippen LogP contribution in [0.25, 0.3) is 0 Å². The number of rotatable bonds is 1. The summed E-state index contributed by atoms with van der Waals surface area (Å²) in [6.45, 7) is 5.35. The van der Waals surface area contributed by atoms with Gasteiger partial charge in [0.15, 0.2) is 6.20 Å². The molecule has 0 aliphatic rings. The lowest BCUT2D eigenvalue weighted by Gasteiger charge is -1.76. The Morgan fingerprint density at radius 2 is 2.50 bits per heavy atom. The third-order valence-corrected chi connectivity index (χ3v) is 1.94. The van der Waals surface area contributed by atoms with Gasteiger partial charge in [0.05, 0.1) is 4.88 Å². The second-order valence-electron chi connectivity index (χ2n) is 1.79. The molecule has 0 amide bonds. The van der Waals surface area contributed by atoms with Gasteiger partial charge in [-0.2, -0.15) is 4.57 Å². The highest BCUT2D eigenvalue weighted by Gasteiger charge is 1.96. The van der Waals surface area contributed by atoms with Gasteiger partial charge in [-0.05, 0) is 13.8 Å². The maximum absolute atomic E-state index is 2.18. The SMILES string of the molecule is CC[n+]1csc(C)c1. The molecule has 0 unspecified atom stereocenters. The zero-order chi connectivity index (χ0) is 5.98. The summed E-state index contributed by atoms with van der Waals surface area (Å²) in [5.41, 5.74) is 2.13. The first-order valence-corrected chi connectivity index (χ1v) is 3.65. The van der Waals surface area contributed by atoms with E-state index in [2.05, 4.69) is 30.1 Å². The average Bonchev–Trinajstić information content (AvgIpc) is 2.14. The second kappa shape index (κ2) is 2.27. The minimum atomic E-state index is 1.09. The Morgan fingerprint density at radius 3 is 2.75 bits per heavy atom. The maximum Gasteiger partial charge on any atom is 0.224 e. The van der Waals surface area contributed by atoms with Crippen LogP contribution >= 0.6 is 11.3 Å². The van der Waals surface area contributed by atoms with Crippen LogP contribution in [0, 0.1) is 6.92 Å². The van der Waals surface area contributed by atoms with Crippen molar-refractivity contribution in [2.45, 2.75) is 20.4 Å². The van der Waals surface area contributed by atoms with Gasteiger partial charge in [-0.1, -0.05) is 11.3 Å². The van der Waals surface area contributed by atoms with Gasteiger partial charge >= 0.3 is 0 Å². The van der Waals surface area contributed by atoms with E-state index < -0.39 is 0 Å². The molecule has 0 aliphatic carbocycles. The fraction of sp³-hybridized carbons (Fsp3) is 0.500. The summed E-state index contributed by atoms with van der Waals surface area (Å²) in [5.74, 6) is 0. The van der Waals surface area contributed by atoms with Crippen LogP contribution < -0.4 is 4.57 Å². The lowest BCUT2D eigenvalue weighted by atomic mass is 10.6. The fourth-order valence-electron chi connectivity index (χ4n) is 0.611. The topological polar surface area (TPSA) is 3.88 Å². The molecule has 44 valence electrons. The summed E-state index contributed by atoms with van der Waals surface area (Å²) in [4.78, 5) is 1.38. The third-order valence-electron chi connectivity index (χ3n) is 1.09. The zero-order valence-corrected chi connectivity index (χ0v) is 6.03. The molecule has 0 saturated carbocycles. The van der Waals surface area contributed by atoms with Crippen LogP contribution in [0.2, 0.25) is 0 Å².